The van der Waals surface area contributed by atoms with Gasteiger partial charge in [0.2, 0.25) is 10.0 Å². The zero-order valence-corrected chi connectivity index (χ0v) is 22.7. The van der Waals surface area contributed by atoms with Gasteiger partial charge in [-0.05, 0) is 79.5 Å². The second-order valence-corrected chi connectivity index (χ2v) is 13.7. The first-order valence-electron chi connectivity index (χ1n) is 13.9. The van der Waals surface area contributed by atoms with Crippen LogP contribution in [0.4, 0.5) is 0 Å². The Bertz CT molecular complexity index is 1650. The molecule has 3 saturated carbocycles. The monoisotopic (exact) mass is 548 g/mol. The Labute approximate surface area is 227 Å². The quantitative estimate of drug-likeness (QED) is 0.440. The van der Waals surface area contributed by atoms with Gasteiger partial charge in [0.25, 0.3) is 5.91 Å². The molecule has 0 saturated heterocycles. The number of amides is 1. The molecule has 8 nitrogen and oxygen atoms in total. The topological polar surface area (TPSA) is 115 Å². The molecule has 1 aliphatic heterocycles. The van der Waals surface area contributed by atoms with E-state index in [1.807, 2.05) is 18.2 Å². The number of carbonyl (C=O) groups excluding carboxylic acids is 1. The van der Waals surface area contributed by atoms with Gasteiger partial charge in [-0.3, -0.25) is 9.59 Å². The van der Waals surface area contributed by atoms with Gasteiger partial charge >= 0.3 is 5.97 Å². The summed E-state index contributed by atoms with van der Waals surface area (Å²) >= 11 is 0. The Balaban J connectivity index is 1.45. The standard InChI is InChI=1S/C30H32N2O6S/c1-38-19-8-12-21-23(14-19)24-15-30(24,29(34)35)16-32-25-13-18(28(33)31-39(36,37)20-9-10-20)7-11-22(25)26(27(21)32)17-5-3-2-4-6-17/h7-8,11-14,17,20,24H,2-6,9-10,15-16H2,1H3,(H,31,33)(H,34,35). The Morgan fingerprint density at radius 2 is 1.82 bits per heavy atom. The average molecular weight is 549 g/mol. The van der Waals surface area contributed by atoms with E-state index >= 15 is 0 Å². The highest BCUT2D eigenvalue weighted by Gasteiger charge is 2.63. The normalized spacial score (nSPS) is 24.3. The predicted octanol–water partition coefficient (Wildman–Crippen LogP) is 5.16. The van der Waals surface area contributed by atoms with Crippen LogP contribution >= 0.6 is 0 Å². The van der Waals surface area contributed by atoms with Gasteiger partial charge in [-0.15, -0.1) is 0 Å². The minimum atomic E-state index is -3.69. The summed E-state index contributed by atoms with van der Waals surface area (Å²) in [7, 11) is -2.07. The van der Waals surface area contributed by atoms with Gasteiger partial charge in [0.05, 0.1) is 23.5 Å². The van der Waals surface area contributed by atoms with Gasteiger partial charge < -0.3 is 14.4 Å². The van der Waals surface area contributed by atoms with Gasteiger partial charge in [-0.2, -0.15) is 0 Å². The SMILES string of the molecule is COc1ccc2c(c1)C1CC1(C(=O)O)Cn1c-2c(C2CCCCC2)c2ccc(C(=O)NS(=O)(=O)C3CC3)cc21. The van der Waals surface area contributed by atoms with Crippen LogP contribution in [0.2, 0.25) is 0 Å². The number of benzene rings is 2. The summed E-state index contributed by atoms with van der Waals surface area (Å²) in [5.41, 5.74) is 4.40. The van der Waals surface area contributed by atoms with Gasteiger partial charge in [0.1, 0.15) is 5.75 Å². The number of carboxylic acids is 1. The van der Waals surface area contributed by atoms with E-state index in [9.17, 15) is 23.1 Å². The number of aromatic nitrogens is 1. The van der Waals surface area contributed by atoms with Crippen LogP contribution in [-0.4, -0.2) is 42.3 Å². The number of hydrogen-bond donors (Lipinski definition) is 2. The largest absolute Gasteiger partial charge is 0.497 e. The first-order chi connectivity index (χ1) is 18.7. The van der Waals surface area contributed by atoms with Gasteiger partial charge in [-0.25, -0.2) is 13.1 Å². The molecule has 7 rings (SSSR count). The molecule has 3 fully saturated rings. The minimum absolute atomic E-state index is 0.121. The average Bonchev–Trinajstić information content (AvgIpc) is 3.84. The summed E-state index contributed by atoms with van der Waals surface area (Å²) in [5, 5.41) is 10.9. The molecule has 0 bridgehead atoms. The molecule has 4 aliphatic rings. The van der Waals surface area contributed by atoms with Gasteiger partial charge in [0, 0.05) is 34.5 Å². The van der Waals surface area contributed by atoms with Crippen molar-refractivity contribution in [2.75, 3.05) is 7.11 Å². The lowest BCUT2D eigenvalue weighted by molar-refractivity contribution is -0.144. The molecule has 2 unspecified atom stereocenters. The van der Waals surface area contributed by atoms with E-state index < -0.39 is 32.6 Å². The fourth-order valence-electron chi connectivity index (χ4n) is 7.07. The number of hydrogen-bond acceptors (Lipinski definition) is 5. The molecule has 9 heteroatoms. The number of nitrogens with zero attached hydrogens (tertiary/aromatic N) is 1. The summed E-state index contributed by atoms with van der Waals surface area (Å²) in [5.74, 6) is -0.546. The van der Waals surface area contributed by atoms with E-state index in [1.165, 1.54) is 12.0 Å². The lowest BCUT2D eigenvalue weighted by Gasteiger charge is -2.24. The summed E-state index contributed by atoms with van der Waals surface area (Å²) in [6.45, 7) is 0.300. The molecule has 39 heavy (non-hydrogen) atoms. The predicted molar refractivity (Wildman–Crippen MR) is 147 cm³/mol. The molecule has 2 heterocycles. The lowest BCUT2D eigenvalue weighted by Crippen LogP contribution is -2.33. The Hall–Kier alpha value is -3.33. The zero-order chi connectivity index (χ0) is 27.1. The van der Waals surface area contributed by atoms with E-state index in [2.05, 4.69) is 15.4 Å². The van der Waals surface area contributed by atoms with Crippen LogP contribution in [0.25, 0.3) is 22.2 Å². The van der Waals surface area contributed by atoms with E-state index in [1.54, 1.807) is 19.2 Å². The molecule has 0 spiro atoms. The van der Waals surface area contributed by atoms with Crippen molar-refractivity contribution in [1.82, 2.24) is 9.29 Å². The molecule has 3 aliphatic carbocycles. The number of ether oxygens (including phenoxy) is 1. The first kappa shape index (κ1) is 24.7. The van der Waals surface area contributed by atoms with Crippen molar-refractivity contribution in [2.45, 2.75) is 75.0 Å². The third-order valence-electron chi connectivity index (χ3n) is 9.41. The molecule has 3 aromatic rings. The van der Waals surface area contributed by atoms with Gasteiger partial charge in [0.15, 0.2) is 0 Å². The maximum atomic E-state index is 13.1. The highest BCUT2D eigenvalue weighted by Crippen LogP contribution is 2.65. The number of nitrogens with one attached hydrogen (secondary N) is 1. The third kappa shape index (κ3) is 3.80. The number of rotatable bonds is 6. The van der Waals surface area contributed by atoms with Crippen molar-refractivity contribution in [2.24, 2.45) is 5.41 Å². The van der Waals surface area contributed by atoms with E-state index in [4.69, 9.17) is 4.74 Å². The molecule has 2 atom stereocenters. The number of fused-ring (bicyclic) bond motifs is 7. The van der Waals surface area contributed by atoms with Crippen LogP contribution in [0.1, 0.15) is 84.7 Å². The number of sulfonamides is 1. The minimum Gasteiger partial charge on any atom is -0.497 e. The third-order valence-corrected chi connectivity index (χ3v) is 11.2. The second kappa shape index (κ2) is 8.58. The molecular weight excluding hydrogens is 516 g/mol. The fraction of sp³-hybridized carbons (Fsp3) is 0.467. The molecule has 1 aromatic heterocycles. The lowest BCUT2D eigenvalue weighted by atomic mass is 9.81. The van der Waals surface area contributed by atoms with Crippen LogP contribution in [0, 0.1) is 5.41 Å². The Morgan fingerprint density at radius 1 is 1.05 bits per heavy atom. The number of methoxy groups -OCH3 is 1. The van der Waals surface area contributed by atoms with Crippen molar-refractivity contribution in [1.29, 1.82) is 0 Å². The van der Waals surface area contributed by atoms with Gasteiger partial charge in [-0.1, -0.05) is 25.3 Å². The molecule has 1 amide bonds. The molecular formula is C30H32N2O6S. The van der Waals surface area contributed by atoms with Crippen LogP contribution < -0.4 is 9.46 Å². The zero-order valence-electron chi connectivity index (χ0n) is 21.9. The number of carbonyl (C=O) groups is 2. The first-order valence-corrected chi connectivity index (χ1v) is 15.4. The highest BCUT2D eigenvalue weighted by atomic mass is 32.2. The van der Waals surface area contributed by atoms with Crippen LogP contribution in [0.5, 0.6) is 5.75 Å². The number of carboxylic acid groups (broad SMARTS) is 1. The Kier molecular flexibility index (Phi) is 5.43. The molecule has 2 N–H and O–H groups in total. The van der Waals surface area contributed by atoms with Crippen molar-refractivity contribution in [3.05, 3.63) is 53.1 Å². The summed E-state index contributed by atoms with van der Waals surface area (Å²) in [6.07, 6.45) is 7.31. The van der Waals surface area contributed by atoms with E-state index in [0.717, 1.165) is 53.4 Å². The van der Waals surface area contributed by atoms with Crippen LogP contribution in [0.3, 0.4) is 0 Å². The van der Waals surface area contributed by atoms with E-state index in [0.29, 0.717) is 37.5 Å². The summed E-state index contributed by atoms with van der Waals surface area (Å²) in [4.78, 5) is 25.8. The van der Waals surface area contributed by atoms with Crippen LogP contribution in [0.15, 0.2) is 36.4 Å². The van der Waals surface area contributed by atoms with Crippen molar-refractivity contribution < 1.29 is 27.9 Å². The Morgan fingerprint density at radius 3 is 2.51 bits per heavy atom. The summed E-state index contributed by atoms with van der Waals surface area (Å²) < 4.78 is 34.8. The molecule has 204 valence electrons. The smallest absolute Gasteiger partial charge is 0.312 e. The maximum Gasteiger partial charge on any atom is 0.312 e. The van der Waals surface area contributed by atoms with Crippen molar-refractivity contribution in [3.8, 4) is 17.0 Å². The molecule has 2 aromatic carbocycles. The van der Waals surface area contributed by atoms with Crippen LogP contribution in [-0.2, 0) is 21.4 Å². The fourth-order valence-corrected chi connectivity index (χ4v) is 8.37. The number of aliphatic carboxylic acids is 1. The maximum absolute atomic E-state index is 13.1. The highest BCUT2D eigenvalue weighted by molar-refractivity contribution is 7.91. The van der Waals surface area contributed by atoms with Crippen molar-refractivity contribution >= 4 is 32.8 Å². The summed E-state index contributed by atoms with van der Waals surface area (Å²) in [6, 6.07) is 11.4. The molecule has 0 radical (unpaired) electrons. The van der Waals surface area contributed by atoms with Crippen molar-refractivity contribution in [3.63, 3.8) is 0 Å². The second-order valence-electron chi connectivity index (χ2n) is 11.8. The van der Waals surface area contributed by atoms with E-state index in [-0.39, 0.29) is 11.5 Å².